The van der Waals surface area contributed by atoms with E-state index >= 15 is 0 Å². The van der Waals surface area contributed by atoms with Gasteiger partial charge in [-0.1, -0.05) is 0 Å². The summed E-state index contributed by atoms with van der Waals surface area (Å²) in [5.41, 5.74) is 5.36. The zero-order chi connectivity index (χ0) is 17.3. The van der Waals surface area contributed by atoms with Crippen LogP contribution >= 0.6 is 12.4 Å². The Labute approximate surface area is 149 Å². The second-order valence-electron chi connectivity index (χ2n) is 6.33. The highest BCUT2D eigenvalue weighted by atomic mass is 35.5. The van der Waals surface area contributed by atoms with Gasteiger partial charge in [0.2, 0.25) is 5.91 Å². The van der Waals surface area contributed by atoms with E-state index in [0.29, 0.717) is 18.3 Å². The third kappa shape index (κ3) is 4.92. The Hall–Kier alpha value is -1.16. The Kier molecular flexibility index (Phi) is 6.80. The molecule has 1 unspecified atom stereocenters. The van der Waals surface area contributed by atoms with E-state index in [-0.39, 0.29) is 36.3 Å². The molecule has 0 saturated heterocycles. The van der Waals surface area contributed by atoms with Gasteiger partial charge >= 0.3 is 0 Å². The number of amides is 1. The molecule has 0 radical (unpaired) electrons. The van der Waals surface area contributed by atoms with Crippen molar-refractivity contribution < 1.29 is 13.2 Å². The summed E-state index contributed by atoms with van der Waals surface area (Å²) in [6.07, 6.45) is 3.64. The van der Waals surface area contributed by atoms with Crippen LogP contribution in [0.2, 0.25) is 0 Å². The van der Waals surface area contributed by atoms with Crippen LogP contribution in [0.15, 0.2) is 11.2 Å². The Bertz CT molecular complexity index is 667. The molecule has 1 atom stereocenters. The van der Waals surface area contributed by atoms with Gasteiger partial charge < -0.3 is 15.6 Å². The van der Waals surface area contributed by atoms with Crippen LogP contribution in [-0.4, -0.2) is 42.5 Å². The molecular weight excluding hydrogens is 354 g/mol. The van der Waals surface area contributed by atoms with Crippen molar-refractivity contribution in [1.82, 2.24) is 19.6 Å². The maximum Gasteiger partial charge on any atom is 0.259 e. The van der Waals surface area contributed by atoms with E-state index in [2.05, 4.69) is 15.0 Å². The Morgan fingerprint density at radius 3 is 2.58 bits per heavy atom. The summed E-state index contributed by atoms with van der Waals surface area (Å²) in [7, 11) is -1.97. The van der Waals surface area contributed by atoms with Crippen molar-refractivity contribution in [3.8, 4) is 0 Å². The summed E-state index contributed by atoms with van der Waals surface area (Å²) in [5.74, 6) is 0.820. The van der Waals surface area contributed by atoms with Gasteiger partial charge in [0.15, 0.2) is 5.03 Å². The molecule has 1 aliphatic carbocycles. The summed E-state index contributed by atoms with van der Waals surface area (Å²) in [4.78, 5) is 16.0. The first-order valence-corrected chi connectivity index (χ1v) is 9.17. The minimum Gasteiger partial charge on any atom is -0.349 e. The number of rotatable bonds is 8. The van der Waals surface area contributed by atoms with Gasteiger partial charge in [0.25, 0.3) is 10.0 Å². The van der Waals surface area contributed by atoms with E-state index < -0.39 is 15.6 Å². The monoisotopic (exact) mass is 379 g/mol. The third-order valence-corrected chi connectivity index (χ3v) is 5.66. The molecular formula is C14H26ClN5O3S. The Morgan fingerprint density at radius 2 is 2.12 bits per heavy atom. The fourth-order valence-electron chi connectivity index (χ4n) is 2.45. The van der Waals surface area contributed by atoms with Crippen molar-refractivity contribution in [3.05, 3.63) is 12.0 Å². The van der Waals surface area contributed by atoms with Crippen molar-refractivity contribution in [2.75, 3.05) is 13.1 Å². The topological polar surface area (TPSA) is 119 Å². The van der Waals surface area contributed by atoms with E-state index in [1.165, 1.54) is 6.20 Å². The molecule has 1 aromatic rings. The first-order valence-electron chi connectivity index (χ1n) is 7.68. The van der Waals surface area contributed by atoms with Crippen LogP contribution in [0.1, 0.15) is 32.0 Å². The van der Waals surface area contributed by atoms with Crippen molar-refractivity contribution in [3.63, 3.8) is 0 Å². The van der Waals surface area contributed by atoms with Crippen LogP contribution in [0.3, 0.4) is 0 Å². The summed E-state index contributed by atoms with van der Waals surface area (Å²) in [6.45, 7) is 4.05. The lowest BCUT2D eigenvalue weighted by atomic mass is 9.96. The molecule has 8 nitrogen and oxygen atoms in total. The van der Waals surface area contributed by atoms with Crippen LogP contribution in [0.5, 0.6) is 0 Å². The highest BCUT2D eigenvalue weighted by Crippen LogP contribution is 2.38. The average molecular weight is 380 g/mol. The normalized spacial score (nSPS) is 17.0. The van der Waals surface area contributed by atoms with Crippen LogP contribution < -0.4 is 15.8 Å². The van der Waals surface area contributed by atoms with E-state index in [9.17, 15) is 13.2 Å². The average Bonchev–Trinajstić information content (AvgIpc) is 3.26. The predicted molar refractivity (Wildman–Crippen MR) is 93.3 cm³/mol. The standard InChI is InChI=1S/C14H25N5O3S.ClH/c1-10-17-13(8-19(10)3)23(21,22)16-7-6-12(20)18-14(2,9-15)11-4-5-11;/h8,11,16H,4-7,9,15H2,1-3H3,(H,18,20);1H. The Morgan fingerprint density at radius 1 is 1.50 bits per heavy atom. The molecule has 0 bridgehead atoms. The van der Waals surface area contributed by atoms with Gasteiger partial charge in [0.05, 0.1) is 5.54 Å². The smallest absolute Gasteiger partial charge is 0.259 e. The van der Waals surface area contributed by atoms with Crippen LogP contribution in [0.4, 0.5) is 0 Å². The number of carbonyl (C=O) groups is 1. The fourth-order valence-corrected chi connectivity index (χ4v) is 3.52. The molecule has 10 heteroatoms. The largest absolute Gasteiger partial charge is 0.349 e. The van der Waals surface area contributed by atoms with E-state index in [1.54, 1.807) is 18.5 Å². The molecule has 138 valence electrons. The number of imidazole rings is 1. The number of nitrogens with one attached hydrogen (secondary N) is 2. The maximum atomic E-state index is 12.1. The van der Waals surface area contributed by atoms with Crippen molar-refractivity contribution in [2.24, 2.45) is 18.7 Å². The van der Waals surface area contributed by atoms with Gasteiger partial charge in [0.1, 0.15) is 5.82 Å². The second kappa shape index (κ2) is 7.81. The molecule has 4 N–H and O–H groups in total. The first kappa shape index (κ1) is 20.9. The molecule has 1 amide bonds. The number of hydrogen-bond donors (Lipinski definition) is 3. The van der Waals surface area contributed by atoms with Crippen LogP contribution in [0.25, 0.3) is 0 Å². The molecule has 1 aliphatic rings. The van der Waals surface area contributed by atoms with Gasteiger partial charge in [-0.25, -0.2) is 18.1 Å². The molecule has 0 aromatic carbocycles. The maximum absolute atomic E-state index is 12.1. The lowest BCUT2D eigenvalue weighted by Crippen LogP contribution is -2.53. The van der Waals surface area contributed by atoms with Gasteiger partial charge in [0, 0.05) is 32.8 Å². The molecule has 1 saturated carbocycles. The molecule has 2 rings (SSSR count). The summed E-state index contributed by atoms with van der Waals surface area (Å²) >= 11 is 0. The lowest BCUT2D eigenvalue weighted by Gasteiger charge is -2.29. The molecule has 1 aromatic heterocycles. The number of halogens is 1. The summed E-state index contributed by atoms with van der Waals surface area (Å²) in [6, 6.07) is 0. The quantitative estimate of drug-likeness (QED) is 0.590. The highest BCUT2D eigenvalue weighted by molar-refractivity contribution is 7.89. The van der Waals surface area contributed by atoms with Crippen LogP contribution in [0, 0.1) is 12.8 Å². The fraction of sp³-hybridized carbons (Fsp3) is 0.714. The van der Waals surface area contributed by atoms with Gasteiger partial charge in [-0.2, -0.15) is 0 Å². The third-order valence-electron chi connectivity index (χ3n) is 4.33. The number of hydrogen-bond acceptors (Lipinski definition) is 5. The highest BCUT2D eigenvalue weighted by Gasteiger charge is 2.41. The number of nitrogens with two attached hydrogens (primary N) is 1. The van der Waals surface area contributed by atoms with Crippen molar-refractivity contribution >= 4 is 28.3 Å². The second-order valence-corrected chi connectivity index (χ2v) is 8.04. The number of nitrogens with zero attached hydrogens (tertiary/aromatic N) is 2. The molecule has 0 spiro atoms. The van der Waals surface area contributed by atoms with E-state index in [0.717, 1.165) is 12.8 Å². The summed E-state index contributed by atoms with van der Waals surface area (Å²) < 4.78 is 28.2. The van der Waals surface area contributed by atoms with E-state index in [1.807, 2.05) is 6.92 Å². The minimum atomic E-state index is -3.70. The molecule has 1 heterocycles. The van der Waals surface area contributed by atoms with Gasteiger partial charge in [-0.15, -0.1) is 12.4 Å². The molecule has 0 aliphatic heterocycles. The SMILES string of the molecule is Cc1nc(S(=O)(=O)NCCC(=O)NC(C)(CN)C2CC2)cn1C.Cl. The summed E-state index contributed by atoms with van der Waals surface area (Å²) in [5, 5.41) is 2.89. The Balaban J connectivity index is 0.00000288. The van der Waals surface area contributed by atoms with Gasteiger partial charge in [-0.05, 0) is 32.6 Å². The van der Waals surface area contributed by atoms with Crippen molar-refractivity contribution in [1.29, 1.82) is 0 Å². The van der Waals surface area contributed by atoms with E-state index in [4.69, 9.17) is 5.73 Å². The van der Waals surface area contributed by atoms with Gasteiger partial charge in [-0.3, -0.25) is 4.79 Å². The lowest BCUT2D eigenvalue weighted by molar-refractivity contribution is -0.122. The molecule has 1 fully saturated rings. The zero-order valence-electron chi connectivity index (χ0n) is 14.2. The predicted octanol–water partition coefficient (Wildman–Crippen LogP) is 0.0623. The molecule has 24 heavy (non-hydrogen) atoms. The number of aryl methyl sites for hydroxylation is 2. The number of sulfonamides is 1. The zero-order valence-corrected chi connectivity index (χ0v) is 15.8. The number of carbonyl (C=O) groups excluding carboxylic acids is 1. The first-order chi connectivity index (χ1) is 10.7. The number of aromatic nitrogens is 2. The van der Waals surface area contributed by atoms with Crippen LogP contribution in [-0.2, 0) is 21.9 Å². The van der Waals surface area contributed by atoms with Crippen molar-refractivity contribution in [2.45, 2.75) is 43.7 Å². The minimum absolute atomic E-state index is 0.